The Morgan fingerprint density at radius 2 is 2.58 bits per heavy atom. The maximum Gasteiger partial charge on any atom is 0.243 e. The SMILES string of the molecule is C=C=C[C@@H]1CN2C(=O)[C@@H](N)[C@H]2S1. The molecule has 0 saturated carbocycles. The van der Waals surface area contributed by atoms with Crippen LogP contribution in [0.25, 0.3) is 0 Å². The van der Waals surface area contributed by atoms with Crippen LogP contribution in [-0.4, -0.2) is 34.0 Å². The molecule has 2 aliphatic rings. The van der Waals surface area contributed by atoms with Crippen LogP contribution in [0.15, 0.2) is 18.4 Å². The average molecular weight is 182 g/mol. The lowest BCUT2D eigenvalue weighted by Gasteiger charge is -2.38. The standard InChI is InChI=1S/C8H10N2OS/c1-2-3-5-4-10-7(11)6(9)8(10)12-5/h3,5-6,8H,1,4,9H2/t5-,6-,8-/m1/s1. The van der Waals surface area contributed by atoms with Gasteiger partial charge in [0.05, 0.1) is 0 Å². The van der Waals surface area contributed by atoms with Crippen LogP contribution < -0.4 is 5.73 Å². The average Bonchev–Trinajstić information content (AvgIpc) is 2.45. The van der Waals surface area contributed by atoms with Gasteiger partial charge < -0.3 is 10.6 Å². The van der Waals surface area contributed by atoms with Gasteiger partial charge in [-0.25, -0.2) is 0 Å². The van der Waals surface area contributed by atoms with Crippen LogP contribution >= 0.6 is 11.8 Å². The Labute approximate surface area is 75.3 Å². The van der Waals surface area contributed by atoms with Crippen LogP contribution in [-0.2, 0) is 4.79 Å². The zero-order valence-electron chi connectivity index (χ0n) is 6.56. The van der Waals surface area contributed by atoms with E-state index in [0.717, 1.165) is 6.54 Å². The summed E-state index contributed by atoms with van der Waals surface area (Å²) in [6, 6.07) is -0.279. The van der Waals surface area contributed by atoms with E-state index in [-0.39, 0.29) is 17.3 Å². The molecule has 0 bridgehead atoms. The zero-order valence-corrected chi connectivity index (χ0v) is 7.38. The fraction of sp³-hybridized carbons (Fsp3) is 0.500. The molecule has 12 heavy (non-hydrogen) atoms. The van der Waals surface area contributed by atoms with Crippen molar-refractivity contribution in [3.63, 3.8) is 0 Å². The summed E-state index contributed by atoms with van der Waals surface area (Å²) in [4.78, 5) is 12.9. The van der Waals surface area contributed by atoms with Crippen molar-refractivity contribution in [3.05, 3.63) is 18.4 Å². The summed E-state index contributed by atoms with van der Waals surface area (Å²) in [6.07, 6.45) is 1.89. The monoisotopic (exact) mass is 182 g/mol. The van der Waals surface area contributed by atoms with Crippen LogP contribution in [0.4, 0.5) is 0 Å². The topological polar surface area (TPSA) is 46.3 Å². The van der Waals surface area contributed by atoms with Gasteiger partial charge >= 0.3 is 0 Å². The molecule has 2 fully saturated rings. The molecular formula is C8H10N2OS. The minimum Gasteiger partial charge on any atom is -0.326 e. The Bertz CT molecular complexity index is 272. The molecule has 0 aromatic carbocycles. The molecule has 0 radical (unpaired) electrons. The van der Waals surface area contributed by atoms with E-state index in [1.165, 1.54) is 0 Å². The van der Waals surface area contributed by atoms with Gasteiger partial charge in [0.15, 0.2) is 0 Å². The normalized spacial score (nSPS) is 38.6. The molecule has 2 rings (SSSR count). The summed E-state index contributed by atoms with van der Waals surface area (Å²) >= 11 is 1.72. The molecule has 64 valence electrons. The van der Waals surface area contributed by atoms with Crippen LogP contribution in [0.2, 0.25) is 0 Å². The fourth-order valence-electron chi connectivity index (χ4n) is 1.54. The second-order valence-electron chi connectivity index (χ2n) is 2.95. The molecule has 2 saturated heterocycles. The number of nitrogens with two attached hydrogens (primary N) is 1. The van der Waals surface area contributed by atoms with Gasteiger partial charge in [0, 0.05) is 11.8 Å². The molecule has 0 aromatic heterocycles. The highest BCUT2D eigenvalue weighted by Crippen LogP contribution is 2.39. The third-order valence-electron chi connectivity index (χ3n) is 2.18. The summed E-state index contributed by atoms with van der Waals surface area (Å²) in [7, 11) is 0. The maximum atomic E-state index is 11.1. The second-order valence-corrected chi connectivity index (χ2v) is 4.31. The van der Waals surface area contributed by atoms with Gasteiger partial charge in [-0.15, -0.1) is 17.5 Å². The van der Waals surface area contributed by atoms with Crippen LogP contribution in [0.5, 0.6) is 0 Å². The van der Waals surface area contributed by atoms with Gasteiger partial charge in [0.2, 0.25) is 5.91 Å². The summed E-state index contributed by atoms with van der Waals surface area (Å²) in [5.74, 6) is 0.0764. The molecule has 4 heteroatoms. The van der Waals surface area contributed by atoms with E-state index in [0.29, 0.717) is 5.25 Å². The van der Waals surface area contributed by atoms with E-state index in [1.807, 2.05) is 11.0 Å². The van der Waals surface area contributed by atoms with Crippen molar-refractivity contribution in [2.75, 3.05) is 6.54 Å². The van der Waals surface area contributed by atoms with Crippen molar-refractivity contribution < 1.29 is 4.79 Å². The summed E-state index contributed by atoms with van der Waals surface area (Å²) in [5, 5.41) is 0.539. The number of carbonyl (C=O) groups is 1. The first-order chi connectivity index (χ1) is 5.74. The van der Waals surface area contributed by atoms with E-state index < -0.39 is 0 Å². The predicted octanol–water partition coefficient (Wildman–Crippen LogP) is -0.0615. The first-order valence-electron chi connectivity index (χ1n) is 3.81. The predicted molar refractivity (Wildman–Crippen MR) is 48.6 cm³/mol. The minimum absolute atomic E-state index is 0.0764. The van der Waals surface area contributed by atoms with E-state index >= 15 is 0 Å². The van der Waals surface area contributed by atoms with Crippen molar-refractivity contribution in [3.8, 4) is 0 Å². The van der Waals surface area contributed by atoms with Gasteiger partial charge in [-0.2, -0.15) is 0 Å². The zero-order chi connectivity index (χ0) is 8.72. The van der Waals surface area contributed by atoms with Crippen molar-refractivity contribution in [1.82, 2.24) is 4.90 Å². The van der Waals surface area contributed by atoms with Crippen molar-refractivity contribution in [2.24, 2.45) is 5.73 Å². The Hall–Kier alpha value is -0.700. The first kappa shape index (κ1) is 7.92. The molecule has 0 aromatic rings. The lowest BCUT2D eigenvalue weighted by Crippen LogP contribution is -2.64. The Kier molecular flexibility index (Phi) is 1.76. The molecule has 0 spiro atoms. The summed E-state index contributed by atoms with van der Waals surface area (Å²) in [6.45, 7) is 4.27. The van der Waals surface area contributed by atoms with Crippen LogP contribution in [0, 0.1) is 0 Å². The molecule has 2 heterocycles. The molecular weight excluding hydrogens is 172 g/mol. The fourth-order valence-corrected chi connectivity index (χ4v) is 2.94. The molecule has 2 N–H and O–H groups in total. The number of hydrogen-bond acceptors (Lipinski definition) is 3. The molecule has 2 aliphatic heterocycles. The number of fused-ring (bicyclic) bond motifs is 1. The molecule has 3 nitrogen and oxygen atoms in total. The van der Waals surface area contributed by atoms with E-state index in [4.69, 9.17) is 5.73 Å². The van der Waals surface area contributed by atoms with Gasteiger partial charge in [0.25, 0.3) is 0 Å². The highest BCUT2D eigenvalue weighted by molar-refractivity contribution is 8.01. The number of β-lactam (4-membered cyclic amide) rings is 1. The number of amides is 1. The third-order valence-corrected chi connectivity index (χ3v) is 3.64. The number of thioether (sulfide) groups is 1. The maximum absolute atomic E-state index is 11.1. The highest BCUT2D eigenvalue weighted by atomic mass is 32.2. The van der Waals surface area contributed by atoms with Crippen molar-refractivity contribution >= 4 is 17.7 Å². The number of nitrogens with zero attached hydrogens (tertiary/aromatic N) is 1. The highest BCUT2D eigenvalue weighted by Gasteiger charge is 2.50. The summed E-state index contributed by atoms with van der Waals surface area (Å²) < 4.78 is 0. The Morgan fingerprint density at radius 1 is 1.83 bits per heavy atom. The smallest absolute Gasteiger partial charge is 0.243 e. The van der Waals surface area contributed by atoms with Gasteiger partial charge in [-0.1, -0.05) is 6.58 Å². The molecule has 1 amide bonds. The quantitative estimate of drug-likeness (QED) is 0.456. The largest absolute Gasteiger partial charge is 0.326 e. The minimum atomic E-state index is -0.279. The van der Waals surface area contributed by atoms with Gasteiger partial charge in [-0.05, 0) is 6.08 Å². The van der Waals surface area contributed by atoms with E-state index in [2.05, 4.69) is 12.3 Å². The second kappa shape index (κ2) is 2.66. The lowest BCUT2D eigenvalue weighted by molar-refractivity contribution is -0.143. The van der Waals surface area contributed by atoms with Crippen LogP contribution in [0.1, 0.15) is 0 Å². The Balaban J connectivity index is 2.07. The number of carbonyl (C=O) groups excluding carboxylic acids is 1. The van der Waals surface area contributed by atoms with E-state index in [9.17, 15) is 4.79 Å². The first-order valence-corrected chi connectivity index (χ1v) is 4.76. The molecule has 0 unspecified atom stereocenters. The molecule has 3 atom stereocenters. The number of hydrogen-bond donors (Lipinski definition) is 1. The third kappa shape index (κ3) is 0.926. The van der Waals surface area contributed by atoms with Gasteiger partial charge in [0.1, 0.15) is 11.4 Å². The summed E-state index contributed by atoms with van der Waals surface area (Å²) in [5.41, 5.74) is 8.34. The van der Waals surface area contributed by atoms with Crippen LogP contribution in [0.3, 0.4) is 0 Å². The number of rotatable bonds is 1. The van der Waals surface area contributed by atoms with Crippen molar-refractivity contribution in [2.45, 2.75) is 16.7 Å². The Morgan fingerprint density at radius 3 is 3.17 bits per heavy atom. The van der Waals surface area contributed by atoms with Gasteiger partial charge in [-0.3, -0.25) is 4.79 Å². The lowest BCUT2D eigenvalue weighted by atomic mass is 10.1. The molecule has 0 aliphatic carbocycles. The van der Waals surface area contributed by atoms with Crippen molar-refractivity contribution in [1.29, 1.82) is 0 Å². The van der Waals surface area contributed by atoms with E-state index in [1.54, 1.807) is 11.8 Å².